The van der Waals surface area contributed by atoms with Gasteiger partial charge in [-0.2, -0.15) is 5.10 Å². The molecule has 7 heteroatoms. The monoisotopic (exact) mass is 357 g/mol. The highest BCUT2D eigenvalue weighted by molar-refractivity contribution is 5.04. The molecule has 7 nitrogen and oxygen atoms in total. The molecule has 0 radical (unpaired) electrons. The molecule has 0 N–H and O–H groups in total. The molecule has 2 fully saturated rings. The average molecular weight is 358 g/mol. The fourth-order valence-corrected chi connectivity index (χ4v) is 4.72. The van der Waals surface area contributed by atoms with Gasteiger partial charge >= 0.3 is 0 Å². The summed E-state index contributed by atoms with van der Waals surface area (Å²) in [4.78, 5) is 6.77. The van der Waals surface area contributed by atoms with Gasteiger partial charge in [0.1, 0.15) is 25.0 Å². The van der Waals surface area contributed by atoms with Crippen molar-refractivity contribution in [3.63, 3.8) is 0 Å². The van der Waals surface area contributed by atoms with Gasteiger partial charge in [-0.15, -0.1) is 10.2 Å². The van der Waals surface area contributed by atoms with Gasteiger partial charge in [-0.05, 0) is 45.7 Å². The second-order valence-electron chi connectivity index (χ2n) is 7.77. The molecule has 2 aromatic heterocycles. The molecule has 4 rings (SSSR count). The van der Waals surface area contributed by atoms with Crippen LogP contribution in [0.4, 0.5) is 0 Å². The average Bonchev–Trinajstić information content (AvgIpc) is 3.25. The van der Waals surface area contributed by atoms with Gasteiger partial charge < -0.3 is 9.47 Å². The Balaban J connectivity index is 1.40. The fraction of sp³-hybridized carbons (Fsp3) is 0.789. The Bertz CT molecular complexity index is 662. The van der Waals surface area contributed by atoms with Crippen molar-refractivity contribution in [2.45, 2.75) is 83.3 Å². The predicted molar refractivity (Wildman–Crippen MR) is 99.9 cm³/mol. The summed E-state index contributed by atoms with van der Waals surface area (Å²) in [5.74, 6) is 2.69. The Labute approximate surface area is 155 Å². The van der Waals surface area contributed by atoms with E-state index < -0.39 is 0 Å². The summed E-state index contributed by atoms with van der Waals surface area (Å²) < 4.78 is 4.10. The van der Waals surface area contributed by atoms with E-state index in [2.05, 4.69) is 36.7 Å². The minimum absolute atomic E-state index is 0.536. The van der Waals surface area contributed by atoms with Crippen molar-refractivity contribution in [3.05, 3.63) is 24.3 Å². The van der Waals surface area contributed by atoms with Crippen LogP contribution in [0.15, 0.2) is 12.7 Å². The lowest BCUT2D eigenvalue weighted by Gasteiger charge is -2.37. The van der Waals surface area contributed by atoms with Crippen LogP contribution in [0.2, 0.25) is 0 Å². The Hall–Kier alpha value is -1.76. The number of hydrogen-bond acceptors (Lipinski definition) is 5. The second-order valence-corrected chi connectivity index (χ2v) is 7.77. The van der Waals surface area contributed by atoms with E-state index in [1.165, 1.54) is 70.3 Å². The lowest BCUT2D eigenvalue weighted by atomic mass is 9.93. The van der Waals surface area contributed by atoms with Crippen LogP contribution in [0.1, 0.15) is 75.9 Å². The second kappa shape index (κ2) is 8.29. The van der Waals surface area contributed by atoms with Gasteiger partial charge in [0, 0.05) is 18.5 Å². The van der Waals surface area contributed by atoms with Crippen molar-refractivity contribution in [1.82, 2.24) is 34.4 Å². The summed E-state index contributed by atoms with van der Waals surface area (Å²) in [6.07, 6.45) is 14.2. The molecule has 1 saturated heterocycles. The van der Waals surface area contributed by atoms with Gasteiger partial charge in [-0.1, -0.05) is 25.7 Å². The molecular formula is C19H31N7. The Morgan fingerprint density at radius 1 is 1.00 bits per heavy atom. The number of hydrogen-bond donors (Lipinski definition) is 0. The van der Waals surface area contributed by atoms with Crippen molar-refractivity contribution >= 4 is 0 Å². The highest BCUT2D eigenvalue weighted by Gasteiger charge is 2.29. The number of nitrogens with zero attached hydrogens (tertiary/aromatic N) is 7. The van der Waals surface area contributed by atoms with Crippen LogP contribution in [0.25, 0.3) is 0 Å². The molecule has 1 aliphatic carbocycles. The normalized spacial score (nSPS) is 21.1. The van der Waals surface area contributed by atoms with E-state index in [1.54, 1.807) is 12.7 Å². The first kappa shape index (κ1) is 17.6. The maximum absolute atomic E-state index is 4.58. The Morgan fingerprint density at radius 2 is 1.77 bits per heavy atom. The van der Waals surface area contributed by atoms with E-state index in [0.29, 0.717) is 12.5 Å². The molecule has 2 aliphatic rings. The summed E-state index contributed by atoms with van der Waals surface area (Å²) in [7, 11) is 0. The van der Waals surface area contributed by atoms with Crippen molar-refractivity contribution in [3.8, 4) is 0 Å². The smallest absolute Gasteiger partial charge is 0.154 e. The fourth-order valence-electron chi connectivity index (χ4n) is 4.72. The van der Waals surface area contributed by atoms with E-state index in [1.807, 2.05) is 4.68 Å². The highest BCUT2D eigenvalue weighted by atomic mass is 15.4. The molecule has 2 aromatic rings. The molecule has 142 valence electrons. The molecule has 0 bridgehead atoms. The van der Waals surface area contributed by atoms with E-state index in [4.69, 9.17) is 0 Å². The molecule has 26 heavy (non-hydrogen) atoms. The van der Waals surface area contributed by atoms with Crippen LogP contribution in [0, 0.1) is 0 Å². The molecular weight excluding hydrogens is 326 g/mol. The molecule has 0 spiro atoms. The van der Waals surface area contributed by atoms with Gasteiger partial charge in [0.2, 0.25) is 0 Å². The Kier molecular flexibility index (Phi) is 5.62. The van der Waals surface area contributed by atoms with Crippen molar-refractivity contribution < 1.29 is 0 Å². The molecule has 0 atom stereocenters. The highest BCUT2D eigenvalue weighted by Crippen LogP contribution is 2.31. The first-order valence-corrected chi connectivity index (χ1v) is 10.3. The molecule has 0 aromatic carbocycles. The number of piperidine rings is 1. The zero-order chi connectivity index (χ0) is 17.8. The van der Waals surface area contributed by atoms with Crippen molar-refractivity contribution in [2.24, 2.45) is 0 Å². The molecule has 0 unspecified atom stereocenters. The molecule has 1 aliphatic heterocycles. The van der Waals surface area contributed by atoms with Crippen LogP contribution in [-0.2, 0) is 13.1 Å². The summed E-state index contributed by atoms with van der Waals surface area (Å²) in [5.41, 5.74) is 0. The number of aromatic nitrogens is 6. The van der Waals surface area contributed by atoms with E-state index >= 15 is 0 Å². The summed E-state index contributed by atoms with van der Waals surface area (Å²) in [6, 6.07) is 0.824. The summed E-state index contributed by atoms with van der Waals surface area (Å²) >= 11 is 0. The van der Waals surface area contributed by atoms with Gasteiger partial charge in [-0.25, -0.2) is 9.67 Å². The maximum Gasteiger partial charge on any atom is 0.154 e. The Morgan fingerprint density at radius 3 is 2.42 bits per heavy atom. The summed E-state index contributed by atoms with van der Waals surface area (Å²) in [5, 5.41) is 13.2. The minimum atomic E-state index is 0.536. The van der Waals surface area contributed by atoms with Crippen LogP contribution in [0.3, 0.4) is 0 Å². The van der Waals surface area contributed by atoms with Gasteiger partial charge in [0.15, 0.2) is 5.82 Å². The van der Waals surface area contributed by atoms with Gasteiger partial charge in [0.05, 0.1) is 0 Å². The molecule has 3 heterocycles. The largest absolute Gasteiger partial charge is 0.313 e. The third-order valence-corrected chi connectivity index (χ3v) is 6.18. The number of likely N-dealkylation sites (tertiary alicyclic amines) is 1. The third-order valence-electron chi connectivity index (χ3n) is 6.18. The zero-order valence-corrected chi connectivity index (χ0v) is 15.9. The predicted octanol–water partition coefficient (Wildman–Crippen LogP) is 2.84. The van der Waals surface area contributed by atoms with Crippen LogP contribution in [-0.4, -0.2) is 53.6 Å². The van der Waals surface area contributed by atoms with Crippen LogP contribution >= 0.6 is 0 Å². The lowest BCUT2D eigenvalue weighted by Crippen LogP contribution is -2.41. The third kappa shape index (κ3) is 3.82. The van der Waals surface area contributed by atoms with E-state index in [9.17, 15) is 0 Å². The standard InChI is InChI=1S/C19H31N7/c1-2-26-18(13-25-15-20-14-21-25)22-23-19(26)16-9-11-24(12-10-16)17-7-5-3-4-6-8-17/h14-17H,2-13H2,1H3. The maximum atomic E-state index is 4.58. The topological polar surface area (TPSA) is 64.7 Å². The van der Waals surface area contributed by atoms with Gasteiger partial charge in [-0.3, -0.25) is 0 Å². The van der Waals surface area contributed by atoms with Gasteiger partial charge in [0.25, 0.3) is 0 Å². The molecule has 1 saturated carbocycles. The van der Waals surface area contributed by atoms with Crippen LogP contribution in [0.5, 0.6) is 0 Å². The quantitative estimate of drug-likeness (QED) is 0.770. The minimum Gasteiger partial charge on any atom is -0.313 e. The lowest BCUT2D eigenvalue weighted by molar-refractivity contribution is 0.136. The van der Waals surface area contributed by atoms with Crippen molar-refractivity contribution in [1.29, 1.82) is 0 Å². The van der Waals surface area contributed by atoms with E-state index in [0.717, 1.165) is 18.4 Å². The van der Waals surface area contributed by atoms with Crippen LogP contribution < -0.4 is 0 Å². The SMILES string of the molecule is CCn1c(Cn2cncn2)nnc1C1CCN(C2CCCCCC2)CC1. The van der Waals surface area contributed by atoms with E-state index in [-0.39, 0.29) is 0 Å². The first-order chi connectivity index (χ1) is 12.8. The first-order valence-electron chi connectivity index (χ1n) is 10.3. The number of rotatable bonds is 5. The van der Waals surface area contributed by atoms with Crippen molar-refractivity contribution in [2.75, 3.05) is 13.1 Å². The zero-order valence-electron chi connectivity index (χ0n) is 15.9. The molecule has 0 amide bonds. The summed E-state index contributed by atoms with van der Waals surface area (Å²) in [6.45, 7) is 6.16.